The second kappa shape index (κ2) is 7.07. The van der Waals surface area contributed by atoms with Crippen LogP contribution < -0.4 is 4.74 Å². The molecule has 23 heavy (non-hydrogen) atoms. The van der Waals surface area contributed by atoms with Gasteiger partial charge in [0.2, 0.25) is 0 Å². The fourth-order valence-corrected chi connectivity index (χ4v) is 2.18. The number of para-hydroxylation sites is 1. The molecule has 0 spiro atoms. The first-order valence-electron chi connectivity index (χ1n) is 7.57. The summed E-state index contributed by atoms with van der Waals surface area (Å²) in [5.74, 6) is 1.58. The van der Waals surface area contributed by atoms with Gasteiger partial charge in [-0.3, -0.25) is 9.67 Å². The largest absolute Gasteiger partial charge is 0.457 e. The van der Waals surface area contributed by atoms with Gasteiger partial charge in [0, 0.05) is 30.6 Å². The van der Waals surface area contributed by atoms with Gasteiger partial charge in [0.15, 0.2) is 0 Å². The maximum atomic E-state index is 5.85. The van der Waals surface area contributed by atoms with Gasteiger partial charge in [0.25, 0.3) is 0 Å². The highest BCUT2D eigenvalue weighted by molar-refractivity contribution is 5.58. The molecule has 1 aromatic carbocycles. The lowest BCUT2D eigenvalue weighted by atomic mass is 10.2. The molecular weight excluding hydrogens is 288 g/mol. The van der Waals surface area contributed by atoms with Gasteiger partial charge < -0.3 is 9.64 Å². The Morgan fingerprint density at radius 3 is 2.70 bits per heavy atom. The Kier molecular flexibility index (Phi) is 4.68. The van der Waals surface area contributed by atoms with E-state index in [-0.39, 0.29) is 0 Å². The lowest BCUT2D eigenvalue weighted by molar-refractivity contribution is 0.373. The number of ether oxygens (including phenoxy) is 1. The normalized spacial score (nSPS) is 10.9. The Hall–Kier alpha value is -2.66. The van der Waals surface area contributed by atoms with Crippen molar-refractivity contribution in [3.05, 3.63) is 61.1 Å². The molecule has 0 N–H and O–H groups in total. The molecule has 0 radical (unpaired) electrons. The first kappa shape index (κ1) is 15.2. The van der Waals surface area contributed by atoms with Gasteiger partial charge >= 0.3 is 0 Å². The van der Waals surface area contributed by atoms with Crippen LogP contribution in [0, 0.1) is 0 Å². The van der Waals surface area contributed by atoms with E-state index in [4.69, 9.17) is 4.74 Å². The molecular formula is C18H20N4O. The topological polar surface area (TPSA) is 43.2 Å². The fraction of sp³-hybridized carbons (Fsp3) is 0.222. The molecule has 0 aliphatic rings. The fourth-order valence-electron chi connectivity index (χ4n) is 2.18. The summed E-state index contributed by atoms with van der Waals surface area (Å²) in [7, 11) is 4.10. The Morgan fingerprint density at radius 1 is 1.09 bits per heavy atom. The van der Waals surface area contributed by atoms with Crippen molar-refractivity contribution in [1.29, 1.82) is 0 Å². The van der Waals surface area contributed by atoms with Crippen molar-refractivity contribution in [3.8, 4) is 22.8 Å². The van der Waals surface area contributed by atoms with Gasteiger partial charge in [-0.15, -0.1) is 0 Å². The summed E-state index contributed by atoms with van der Waals surface area (Å²) in [5, 5.41) is 4.39. The van der Waals surface area contributed by atoms with Crippen molar-refractivity contribution in [2.24, 2.45) is 0 Å². The maximum absolute atomic E-state index is 5.85. The molecule has 3 aromatic rings. The Balaban J connectivity index is 1.74. The third kappa shape index (κ3) is 4.17. The van der Waals surface area contributed by atoms with Gasteiger partial charge in [0.05, 0.1) is 18.4 Å². The zero-order valence-corrected chi connectivity index (χ0v) is 13.4. The average Bonchev–Trinajstić information content (AvgIpc) is 3.03. The molecule has 5 heteroatoms. The Bertz CT molecular complexity index is 752. The van der Waals surface area contributed by atoms with Gasteiger partial charge in [-0.1, -0.05) is 18.2 Å². The van der Waals surface area contributed by atoms with Crippen LogP contribution in [0.2, 0.25) is 0 Å². The number of hydrogen-bond acceptors (Lipinski definition) is 4. The van der Waals surface area contributed by atoms with Crippen molar-refractivity contribution in [1.82, 2.24) is 19.7 Å². The molecule has 0 fully saturated rings. The number of hydrogen-bond donors (Lipinski definition) is 0. The van der Waals surface area contributed by atoms with E-state index in [0.29, 0.717) is 0 Å². The summed E-state index contributed by atoms with van der Waals surface area (Å²) in [6, 6.07) is 13.5. The van der Waals surface area contributed by atoms with Crippen molar-refractivity contribution in [2.75, 3.05) is 20.6 Å². The summed E-state index contributed by atoms with van der Waals surface area (Å²) in [6.45, 7) is 1.80. The first-order chi connectivity index (χ1) is 11.2. The number of benzene rings is 1. The van der Waals surface area contributed by atoms with E-state index >= 15 is 0 Å². The molecule has 0 amide bonds. The minimum Gasteiger partial charge on any atom is -0.457 e. The molecule has 5 nitrogen and oxygen atoms in total. The SMILES string of the molecule is CN(C)CCn1cc(-c2cc(Oc3ccccc3)ccn2)cn1. The zero-order chi connectivity index (χ0) is 16.1. The van der Waals surface area contributed by atoms with Crippen molar-refractivity contribution < 1.29 is 4.74 Å². The van der Waals surface area contributed by atoms with Crippen molar-refractivity contribution in [3.63, 3.8) is 0 Å². The van der Waals surface area contributed by atoms with E-state index in [9.17, 15) is 0 Å². The molecule has 0 aliphatic heterocycles. The Labute approximate surface area is 136 Å². The number of aromatic nitrogens is 3. The lowest BCUT2D eigenvalue weighted by Gasteiger charge is -2.08. The quantitative estimate of drug-likeness (QED) is 0.701. The molecule has 0 bridgehead atoms. The molecule has 2 aromatic heterocycles. The minimum atomic E-state index is 0.766. The van der Waals surface area contributed by atoms with Crippen LogP contribution in [0.1, 0.15) is 0 Å². The van der Waals surface area contributed by atoms with Crippen LogP contribution in [0.4, 0.5) is 0 Å². The highest BCUT2D eigenvalue weighted by Crippen LogP contribution is 2.25. The van der Waals surface area contributed by atoms with Gasteiger partial charge in [-0.25, -0.2) is 0 Å². The molecule has 118 valence electrons. The molecule has 0 saturated carbocycles. The highest BCUT2D eigenvalue weighted by Gasteiger charge is 2.06. The van der Waals surface area contributed by atoms with Gasteiger partial charge in [-0.2, -0.15) is 5.10 Å². The highest BCUT2D eigenvalue weighted by atomic mass is 16.5. The van der Waals surface area contributed by atoms with Crippen LogP contribution in [0.5, 0.6) is 11.5 Å². The predicted octanol–water partition coefficient (Wildman–Crippen LogP) is 3.30. The molecule has 0 atom stereocenters. The predicted molar refractivity (Wildman–Crippen MR) is 90.5 cm³/mol. The van der Waals surface area contributed by atoms with Crippen LogP contribution in [-0.2, 0) is 6.54 Å². The Morgan fingerprint density at radius 2 is 1.91 bits per heavy atom. The number of pyridine rings is 1. The second-order valence-electron chi connectivity index (χ2n) is 5.59. The standard InChI is InChI=1S/C18H20N4O/c1-21(2)10-11-22-14-15(13-20-22)18-12-17(8-9-19-18)23-16-6-4-3-5-7-16/h3-9,12-14H,10-11H2,1-2H3. The van der Waals surface area contributed by atoms with Crippen LogP contribution in [0.15, 0.2) is 61.1 Å². The van der Waals surface area contributed by atoms with E-state index in [1.165, 1.54) is 0 Å². The monoisotopic (exact) mass is 308 g/mol. The summed E-state index contributed by atoms with van der Waals surface area (Å²) in [4.78, 5) is 6.55. The number of likely N-dealkylation sites (N-methyl/N-ethyl adjacent to an activating group) is 1. The minimum absolute atomic E-state index is 0.766. The number of nitrogens with zero attached hydrogens (tertiary/aromatic N) is 4. The van der Waals surface area contributed by atoms with Crippen molar-refractivity contribution in [2.45, 2.75) is 6.54 Å². The van der Waals surface area contributed by atoms with Crippen LogP contribution in [0.3, 0.4) is 0 Å². The molecule has 0 aliphatic carbocycles. The van der Waals surface area contributed by atoms with Crippen LogP contribution in [0.25, 0.3) is 11.3 Å². The summed E-state index contributed by atoms with van der Waals surface area (Å²) in [5.41, 5.74) is 1.84. The van der Waals surface area contributed by atoms with E-state index < -0.39 is 0 Å². The van der Waals surface area contributed by atoms with Crippen molar-refractivity contribution >= 4 is 0 Å². The van der Waals surface area contributed by atoms with E-state index in [2.05, 4.69) is 29.1 Å². The average molecular weight is 308 g/mol. The number of rotatable bonds is 6. The first-order valence-corrected chi connectivity index (χ1v) is 7.57. The van der Waals surface area contributed by atoms with Crippen LogP contribution >= 0.6 is 0 Å². The third-order valence-electron chi connectivity index (χ3n) is 3.42. The molecule has 2 heterocycles. The smallest absolute Gasteiger partial charge is 0.131 e. The molecule has 0 unspecified atom stereocenters. The third-order valence-corrected chi connectivity index (χ3v) is 3.42. The summed E-state index contributed by atoms with van der Waals surface area (Å²) >= 11 is 0. The molecule has 3 rings (SSSR count). The van der Waals surface area contributed by atoms with E-state index in [0.717, 1.165) is 35.8 Å². The summed E-state index contributed by atoms with van der Waals surface area (Å²) in [6.07, 6.45) is 5.60. The maximum Gasteiger partial charge on any atom is 0.131 e. The second-order valence-corrected chi connectivity index (χ2v) is 5.59. The van der Waals surface area contributed by atoms with Crippen LogP contribution in [-0.4, -0.2) is 40.3 Å². The molecule has 0 saturated heterocycles. The summed E-state index contributed by atoms with van der Waals surface area (Å²) < 4.78 is 7.78. The zero-order valence-electron chi connectivity index (χ0n) is 13.4. The van der Waals surface area contributed by atoms with E-state index in [1.807, 2.05) is 59.5 Å². The lowest BCUT2D eigenvalue weighted by Crippen LogP contribution is -2.18. The van der Waals surface area contributed by atoms with Gasteiger partial charge in [0.1, 0.15) is 11.5 Å². The van der Waals surface area contributed by atoms with Gasteiger partial charge in [-0.05, 0) is 32.3 Å². The van der Waals surface area contributed by atoms with E-state index in [1.54, 1.807) is 6.20 Å².